The van der Waals surface area contributed by atoms with Gasteiger partial charge >= 0.3 is 0 Å². The van der Waals surface area contributed by atoms with Crippen molar-refractivity contribution in [2.75, 3.05) is 20.6 Å². The summed E-state index contributed by atoms with van der Waals surface area (Å²) in [5.74, 6) is 0.456. The van der Waals surface area contributed by atoms with E-state index in [2.05, 4.69) is 15.0 Å². The van der Waals surface area contributed by atoms with Crippen molar-refractivity contribution in [1.82, 2.24) is 19.5 Å². The Morgan fingerprint density at radius 3 is 2.56 bits per heavy atom. The van der Waals surface area contributed by atoms with Crippen LogP contribution in [0.25, 0.3) is 16.8 Å². The molecule has 2 heterocycles. The number of pyridine rings is 1. The van der Waals surface area contributed by atoms with E-state index in [9.17, 15) is 4.39 Å². The highest BCUT2D eigenvalue weighted by atomic mass is 32.1. The summed E-state index contributed by atoms with van der Waals surface area (Å²) in [5.41, 5.74) is 9.89. The average Bonchev–Trinajstić information content (AvgIpc) is 2.97. The van der Waals surface area contributed by atoms with E-state index in [-0.39, 0.29) is 10.8 Å². The van der Waals surface area contributed by atoms with Crippen LogP contribution in [0.5, 0.6) is 0 Å². The van der Waals surface area contributed by atoms with Gasteiger partial charge in [0.05, 0.1) is 5.56 Å². The van der Waals surface area contributed by atoms with E-state index >= 15 is 0 Å². The summed E-state index contributed by atoms with van der Waals surface area (Å²) in [6.07, 6.45) is 0.733. The van der Waals surface area contributed by atoms with Crippen LogP contribution in [0.2, 0.25) is 0 Å². The van der Waals surface area contributed by atoms with Gasteiger partial charge < -0.3 is 10.6 Å². The molecule has 0 aliphatic carbocycles. The fourth-order valence-corrected chi connectivity index (χ4v) is 2.96. The van der Waals surface area contributed by atoms with Crippen LogP contribution in [0.1, 0.15) is 17.1 Å². The zero-order valence-electron chi connectivity index (χ0n) is 14.5. The Kier molecular flexibility index (Phi) is 4.78. The molecule has 0 unspecified atom stereocenters. The van der Waals surface area contributed by atoms with Gasteiger partial charge in [-0.2, -0.15) is 5.10 Å². The van der Waals surface area contributed by atoms with E-state index in [0.29, 0.717) is 11.2 Å². The molecule has 2 aromatic heterocycles. The van der Waals surface area contributed by atoms with Crippen LogP contribution in [-0.2, 0) is 6.42 Å². The highest BCUT2D eigenvalue weighted by molar-refractivity contribution is 7.80. The third-order valence-electron chi connectivity index (χ3n) is 4.02. The van der Waals surface area contributed by atoms with Gasteiger partial charge in [0.25, 0.3) is 0 Å². The number of nitrogens with two attached hydrogens (primary N) is 1. The Balaban J connectivity index is 2.19. The van der Waals surface area contributed by atoms with Gasteiger partial charge in [-0.25, -0.2) is 13.9 Å². The molecule has 3 rings (SSSR count). The Labute approximate surface area is 151 Å². The molecule has 0 saturated carbocycles. The van der Waals surface area contributed by atoms with Gasteiger partial charge in [-0.15, -0.1) is 0 Å². The van der Waals surface area contributed by atoms with Gasteiger partial charge in [-0.1, -0.05) is 24.4 Å². The van der Waals surface area contributed by atoms with Crippen molar-refractivity contribution in [3.63, 3.8) is 0 Å². The third kappa shape index (κ3) is 3.52. The minimum atomic E-state index is -0.285. The highest BCUT2D eigenvalue weighted by Gasteiger charge is 2.18. The molecule has 0 aliphatic heterocycles. The number of nitrogens with zero attached hydrogens (tertiary/aromatic N) is 4. The predicted molar refractivity (Wildman–Crippen MR) is 101 cm³/mol. The predicted octanol–water partition coefficient (Wildman–Crippen LogP) is 2.58. The Hall–Kier alpha value is -2.38. The van der Waals surface area contributed by atoms with Gasteiger partial charge in [0, 0.05) is 18.7 Å². The third-order valence-corrected chi connectivity index (χ3v) is 4.22. The maximum atomic E-state index is 13.3. The van der Waals surface area contributed by atoms with Crippen LogP contribution in [0, 0.1) is 12.7 Å². The number of hydrogen-bond acceptors (Lipinski definition) is 4. The normalized spacial score (nSPS) is 11.4. The van der Waals surface area contributed by atoms with Crippen LogP contribution in [0.15, 0.2) is 30.3 Å². The monoisotopic (exact) mass is 357 g/mol. The molecule has 2 N–H and O–H groups in total. The molecule has 0 amide bonds. The van der Waals surface area contributed by atoms with Crippen molar-refractivity contribution in [2.45, 2.75) is 13.3 Å². The first-order chi connectivity index (χ1) is 11.9. The molecule has 130 valence electrons. The molecule has 3 aromatic rings. The largest absolute Gasteiger partial charge is 0.389 e. The standard InChI is InChI=1S/C18H20FN5S/c1-11-10-14(12-4-6-13(19)7-5-12)16(17(20)25)18-21-15(22-24(11)18)8-9-23(2)3/h4-7,10H,8-9H2,1-3H3,(H2,20,25). The fourth-order valence-electron chi connectivity index (χ4n) is 2.75. The summed E-state index contributed by atoms with van der Waals surface area (Å²) >= 11 is 5.28. The lowest BCUT2D eigenvalue weighted by atomic mass is 10.00. The second-order valence-electron chi connectivity index (χ2n) is 6.26. The fraction of sp³-hybridized carbons (Fsp3) is 0.278. The molecule has 0 fully saturated rings. The number of hydrogen-bond donors (Lipinski definition) is 1. The van der Waals surface area contributed by atoms with Crippen LogP contribution in [-0.4, -0.2) is 45.1 Å². The van der Waals surface area contributed by atoms with Crippen molar-refractivity contribution < 1.29 is 4.39 Å². The van der Waals surface area contributed by atoms with Gasteiger partial charge in [0.1, 0.15) is 10.8 Å². The number of rotatable bonds is 5. The van der Waals surface area contributed by atoms with E-state index in [4.69, 9.17) is 18.0 Å². The molecule has 0 radical (unpaired) electrons. The van der Waals surface area contributed by atoms with Crippen LogP contribution in [0.3, 0.4) is 0 Å². The molecule has 1 aromatic carbocycles. The molecular formula is C18H20FN5S. The molecular weight excluding hydrogens is 337 g/mol. The second-order valence-corrected chi connectivity index (χ2v) is 6.70. The summed E-state index contributed by atoms with van der Waals surface area (Å²) in [4.78, 5) is 6.98. The number of aryl methyl sites for hydroxylation is 1. The number of aromatic nitrogens is 3. The zero-order valence-corrected chi connectivity index (χ0v) is 15.3. The van der Waals surface area contributed by atoms with E-state index in [0.717, 1.165) is 35.6 Å². The Morgan fingerprint density at radius 2 is 1.96 bits per heavy atom. The lowest BCUT2D eigenvalue weighted by molar-refractivity contribution is 0.409. The van der Waals surface area contributed by atoms with Crippen LogP contribution in [0.4, 0.5) is 4.39 Å². The SMILES string of the molecule is Cc1cc(-c2ccc(F)cc2)c(C(N)=S)c2nc(CCN(C)C)nn12. The molecule has 7 heteroatoms. The van der Waals surface area contributed by atoms with Crippen molar-refractivity contribution in [2.24, 2.45) is 5.73 Å². The van der Waals surface area contributed by atoms with Gasteiger partial charge in [0.2, 0.25) is 0 Å². The van der Waals surface area contributed by atoms with Crippen LogP contribution >= 0.6 is 12.2 Å². The first-order valence-electron chi connectivity index (χ1n) is 7.96. The summed E-state index contributed by atoms with van der Waals surface area (Å²) < 4.78 is 15.0. The first kappa shape index (κ1) is 17.4. The first-order valence-corrected chi connectivity index (χ1v) is 8.37. The summed E-state index contributed by atoms with van der Waals surface area (Å²) in [6, 6.07) is 8.23. The zero-order chi connectivity index (χ0) is 18.1. The summed E-state index contributed by atoms with van der Waals surface area (Å²) in [5, 5.41) is 4.58. The molecule has 0 atom stereocenters. The van der Waals surface area contributed by atoms with Gasteiger partial charge in [0.15, 0.2) is 11.5 Å². The summed E-state index contributed by atoms with van der Waals surface area (Å²) in [7, 11) is 4.02. The molecule has 0 bridgehead atoms. The number of benzene rings is 1. The van der Waals surface area contributed by atoms with E-state index in [1.807, 2.05) is 27.1 Å². The molecule has 0 spiro atoms. The molecule has 5 nitrogen and oxygen atoms in total. The minimum absolute atomic E-state index is 0.246. The van der Waals surface area contributed by atoms with Crippen molar-refractivity contribution >= 4 is 22.9 Å². The number of thiocarbonyl (C=S) groups is 1. The number of likely N-dealkylation sites (N-methyl/N-ethyl adjacent to an activating group) is 1. The smallest absolute Gasteiger partial charge is 0.166 e. The van der Waals surface area contributed by atoms with Crippen molar-refractivity contribution in [3.05, 3.63) is 53.2 Å². The Morgan fingerprint density at radius 1 is 1.28 bits per heavy atom. The highest BCUT2D eigenvalue weighted by Crippen LogP contribution is 2.28. The van der Waals surface area contributed by atoms with E-state index in [1.54, 1.807) is 16.6 Å². The number of fused-ring (bicyclic) bond motifs is 1. The maximum Gasteiger partial charge on any atom is 0.166 e. The van der Waals surface area contributed by atoms with Gasteiger partial charge in [-0.05, 0) is 50.3 Å². The van der Waals surface area contributed by atoms with Crippen molar-refractivity contribution in [1.29, 1.82) is 0 Å². The quantitative estimate of drug-likeness (QED) is 0.711. The average molecular weight is 357 g/mol. The molecule has 0 saturated heterocycles. The van der Waals surface area contributed by atoms with Crippen molar-refractivity contribution in [3.8, 4) is 11.1 Å². The second kappa shape index (κ2) is 6.85. The lowest BCUT2D eigenvalue weighted by Crippen LogP contribution is -2.15. The van der Waals surface area contributed by atoms with Gasteiger partial charge in [-0.3, -0.25) is 0 Å². The number of halogens is 1. The minimum Gasteiger partial charge on any atom is -0.389 e. The van der Waals surface area contributed by atoms with Crippen LogP contribution < -0.4 is 5.73 Å². The topological polar surface area (TPSA) is 59.5 Å². The Bertz CT molecular complexity index is 931. The van der Waals surface area contributed by atoms with E-state index < -0.39 is 0 Å². The van der Waals surface area contributed by atoms with E-state index in [1.165, 1.54) is 12.1 Å². The molecule has 25 heavy (non-hydrogen) atoms. The maximum absolute atomic E-state index is 13.3. The lowest BCUT2D eigenvalue weighted by Gasteiger charge is -2.11. The molecule has 0 aliphatic rings. The summed E-state index contributed by atoms with van der Waals surface area (Å²) in [6.45, 7) is 2.80.